The first kappa shape index (κ1) is 32.4. The molecule has 1 amide bonds. The minimum absolute atomic E-state index is 0.0616. The van der Waals surface area contributed by atoms with Crippen molar-refractivity contribution in [2.75, 3.05) is 34.2 Å². The molecule has 0 saturated heterocycles. The molecule has 2 aromatic heterocycles. The number of hydrogen-bond donors (Lipinski definition) is 1. The molecule has 236 valence electrons. The summed E-state index contributed by atoms with van der Waals surface area (Å²) in [7, 11) is 6.31. The Kier molecular flexibility index (Phi) is 11.1. The van der Waals surface area contributed by atoms with E-state index in [0.717, 1.165) is 27.6 Å². The van der Waals surface area contributed by atoms with Crippen molar-refractivity contribution in [3.8, 4) is 40.1 Å². The van der Waals surface area contributed by atoms with Crippen LogP contribution in [0.15, 0.2) is 100 Å². The van der Waals surface area contributed by atoms with Gasteiger partial charge in [-0.1, -0.05) is 36.0 Å². The van der Waals surface area contributed by atoms with Gasteiger partial charge in [-0.15, -0.1) is 22.0 Å². The topological polar surface area (TPSA) is 122 Å². The number of aromatic nitrogens is 4. The van der Waals surface area contributed by atoms with Gasteiger partial charge in [0.15, 0.2) is 22.5 Å². The third kappa shape index (κ3) is 7.79. The molecule has 2 heterocycles. The molecular formula is C33H32N6O5S2. The maximum Gasteiger partial charge on any atom is 0.250 e. The van der Waals surface area contributed by atoms with Gasteiger partial charge in [0.05, 0.1) is 45.4 Å². The van der Waals surface area contributed by atoms with E-state index in [0.29, 0.717) is 39.5 Å². The lowest BCUT2D eigenvalue weighted by Gasteiger charge is -2.15. The van der Waals surface area contributed by atoms with Crippen LogP contribution < -0.4 is 24.4 Å². The zero-order chi connectivity index (χ0) is 32.3. The van der Waals surface area contributed by atoms with Crippen LogP contribution in [0.1, 0.15) is 11.1 Å². The molecular weight excluding hydrogens is 625 g/mol. The molecule has 0 radical (unpaired) electrons. The number of pyridine rings is 1. The van der Waals surface area contributed by atoms with Crippen LogP contribution in [0.2, 0.25) is 0 Å². The van der Waals surface area contributed by atoms with Crippen LogP contribution >= 0.6 is 23.5 Å². The molecule has 13 heteroatoms. The number of carbonyl (C=O) groups is 1. The fourth-order valence-corrected chi connectivity index (χ4v) is 6.07. The first-order valence-corrected chi connectivity index (χ1v) is 16.0. The Morgan fingerprint density at radius 1 is 0.848 bits per heavy atom. The second-order valence-corrected chi connectivity index (χ2v) is 11.4. The Labute approximate surface area is 275 Å². The summed E-state index contributed by atoms with van der Waals surface area (Å²) in [6, 6.07) is 24.8. The molecule has 0 atom stereocenters. The Morgan fingerprint density at radius 2 is 1.59 bits per heavy atom. The van der Waals surface area contributed by atoms with Gasteiger partial charge < -0.3 is 18.9 Å². The zero-order valence-corrected chi connectivity index (χ0v) is 27.3. The summed E-state index contributed by atoms with van der Waals surface area (Å²) in [5.41, 5.74) is 5.95. The van der Waals surface area contributed by atoms with E-state index < -0.39 is 0 Å². The highest BCUT2D eigenvalue weighted by Gasteiger charge is 2.21. The minimum Gasteiger partial charge on any atom is -0.496 e. The number of rotatable bonds is 14. The molecule has 5 aromatic rings. The number of thioether (sulfide) groups is 2. The maximum atomic E-state index is 12.8. The number of ether oxygens (including phenoxy) is 4. The minimum atomic E-state index is -0.294. The number of benzene rings is 3. The average molecular weight is 657 g/mol. The van der Waals surface area contributed by atoms with Gasteiger partial charge >= 0.3 is 0 Å². The molecule has 1 N–H and O–H groups in total. The van der Waals surface area contributed by atoms with Crippen molar-refractivity contribution >= 4 is 35.6 Å². The number of methoxy groups -OCH3 is 4. The van der Waals surface area contributed by atoms with E-state index in [4.69, 9.17) is 18.9 Å². The van der Waals surface area contributed by atoms with E-state index in [1.807, 2.05) is 83.4 Å². The summed E-state index contributed by atoms with van der Waals surface area (Å²) >= 11 is 2.85. The summed E-state index contributed by atoms with van der Waals surface area (Å²) in [6.07, 6.45) is 3.37. The molecule has 3 aromatic carbocycles. The van der Waals surface area contributed by atoms with Gasteiger partial charge in [0.25, 0.3) is 5.91 Å². The normalized spacial score (nSPS) is 11.0. The van der Waals surface area contributed by atoms with Crippen molar-refractivity contribution in [2.45, 2.75) is 15.9 Å². The first-order chi connectivity index (χ1) is 22.5. The summed E-state index contributed by atoms with van der Waals surface area (Å²) in [6.45, 7) is 0. The Balaban J connectivity index is 1.29. The van der Waals surface area contributed by atoms with Gasteiger partial charge in [-0.2, -0.15) is 5.10 Å². The van der Waals surface area contributed by atoms with Crippen molar-refractivity contribution < 1.29 is 23.7 Å². The van der Waals surface area contributed by atoms with E-state index in [1.54, 1.807) is 52.6 Å². The van der Waals surface area contributed by atoms with E-state index in [9.17, 15) is 4.79 Å². The molecule has 5 rings (SSSR count). The largest absolute Gasteiger partial charge is 0.496 e. The second-order valence-electron chi connectivity index (χ2n) is 9.50. The number of nitrogens with zero attached hydrogens (tertiary/aromatic N) is 5. The highest BCUT2D eigenvalue weighted by molar-refractivity contribution is 7.99. The Morgan fingerprint density at radius 3 is 2.26 bits per heavy atom. The van der Waals surface area contributed by atoms with Crippen LogP contribution in [0.25, 0.3) is 17.1 Å². The van der Waals surface area contributed by atoms with Gasteiger partial charge in [0, 0.05) is 28.8 Å². The molecule has 46 heavy (non-hydrogen) atoms. The molecule has 0 aliphatic heterocycles. The summed E-state index contributed by atoms with van der Waals surface area (Å²) in [5.74, 6) is 3.20. The maximum absolute atomic E-state index is 12.8. The molecule has 0 bridgehead atoms. The van der Waals surface area contributed by atoms with E-state index in [-0.39, 0.29) is 11.7 Å². The van der Waals surface area contributed by atoms with E-state index in [1.165, 1.54) is 11.8 Å². The van der Waals surface area contributed by atoms with Crippen molar-refractivity contribution in [2.24, 2.45) is 5.10 Å². The van der Waals surface area contributed by atoms with Crippen LogP contribution in [0.3, 0.4) is 0 Å². The predicted octanol–water partition coefficient (Wildman–Crippen LogP) is 5.90. The van der Waals surface area contributed by atoms with Crippen LogP contribution in [0, 0.1) is 0 Å². The van der Waals surface area contributed by atoms with E-state index in [2.05, 4.69) is 25.7 Å². The second kappa shape index (κ2) is 15.8. The molecule has 0 saturated carbocycles. The van der Waals surface area contributed by atoms with Gasteiger partial charge in [-0.25, -0.2) is 10.4 Å². The number of hydrazone groups is 1. The number of carbonyl (C=O) groups excluding carboxylic acids is 1. The van der Waals surface area contributed by atoms with Crippen LogP contribution in [-0.4, -0.2) is 66.1 Å². The number of hydrogen-bond acceptors (Lipinski definition) is 11. The molecule has 0 fully saturated rings. The van der Waals surface area contributed by atoms with Crippen molar-refractivity contribution in [1.29, 1.82) is 0 Å². The zero-order valence-electron chi connectivity index (χ0n) is 25.7. The fraction of sp³-hybridized carbons (Fsp3) is 0.182. The number of amides is 1. The van der Waals surface area contributed by atoms with Crippen molar-refractivity contribution in [3.63, 3.8) is 0 Å². The first-order valence-electron chi connectivity index (χ1n) is 14.0. The number of nitrogens with one attached hydrogen (secondary N) is 1. The molecule has 0 unspecified atom stereocenters. The molecule has 0 aliphatic carbocycles. The lowest BCUT2D eigenvalue weighted by molar-refractivity contribution is -0.118. The standard InChI is InChI=1S/C33H32N6O5S2/c1-41-26-14-13-22(16-24(26)20-45-30-12-8-9-15-34-30)19-35-36-29(40)21-46-33-38-37-32(39(33)25-10-6-5-7-11-25)23-17-27(42-2)31(44-4)28(18-23)43-3/h5-19H,20-21H2,1-4H3,(H,36,40). The van der Waals surface area contributed by atoms with Crippen molar-refractivity contribution in [1.82, 2.24) is 25.2 Å². The Hall–Kier alpha value is -5.01. The van der Waals surface area contributed by atoms with Crippen LogP contribution in [0.4, 0.5) is 0 Å². The Bertz CT molecular complexity index is 1780. The molecule has 11 nitrogen and oxygen atoms in total. The molecule has 0 spiro atoms. The smallest absolute Gasteiger partial charge is 0.250 e. The van der Waals surface area contributed by atoms with Gasteiger partial charge in [-0.3, -0.25) is 9.36 Å². The summed E-state index contributed by atoms with van der Waals surface area (Å²) in [5, 5.41) is 14.5. The third-order valence-electron chi connectivity index (χ3n) is 6.62. The van der Waals surface area contributed by atoms with Gasteiger partial charge in [-0.05, 0) is 60.2 Å². The van der Waals surface area contributed by atoms with Crippen LogP contribution in [0.5, 0.6) is 23.0 Å². The fourth-order valence-electron chi connectivity index (χ4n) is 4.49. The van der Waals surface area contributed by atoms with Gasteiger partial charge in [0.1, 0.15) is 5.75 Å². The highest BCUT2D eigenvalue weighted by Crippen LogP contribution is 2.41. The number of para-hydroxylation sites is 1. The van der Waals surface area contributed by atoms with Crippen molar-refractivity contribution in [3.05, 3.63) is 96.2 Å². The van der Waals surface area contributed by atoms with E-state index >= 15 is 0 Å². The van der Waals surface area contributed by atoms with Gasteiger partial charge in [0.2, 0.25) is 5.75 Å². The highest BCUT2D eigenvalue weighted by atomic mass is 32.2. The third-order valence-corrected chi connectivity index (χ3v) is 8.55. The van der Waals surface area contributed by atoms with Crippen LogP contribution in [-0.2, 0) is 10.5 Å². The summed E-state index contributed by atoms with van der Waals surface area (Å²) < 4.78 is 24.0. The molecule has 0 aliphatic rings. The average Bonchev–Trinajstić information content (AvgIpc) is 3.54. The predicted molar refractivity (Wildman–Crippen MR) is 180 cm³/mol. The lowest BCUT2D eigenvalue weighted by atomic mass is 10.1. The SMILES string of the molecule is COc1ccc(C=NNC(=O)CSc2nnc(-c3cc(OC)c(OC)c(OC)c3)n2-c2ccccc2)cc1CSc1ccccn1. The summed E-state index contributed by atoms with van der Waals surface area (Å²) in [4.78, 5) is 17.2. The monoisotopic (exact) mass is 656 g/mol. The lowest BCUT2D eigenvalue weighted by Crippen LogP contribution is -2.20. The quantitative estimate of drug-likeness (QED) is 0.0879.